The summed E-state index contributed by atoms with van der Waals surface area (Å²) in [6, 6.07) is 3.27. The van der Waals surface area contributed by atoms with Gasteiger partial charge in [-0.15, -0.1) is 0 Å². The molecule has 1 N–H and O–H groups in total. The lowest BCUT2D eigenvalue weighted by Gasteiger charge is -2.41. The second kappa shape index (κ2) is 11.4. The molecule has 8 heteroatoms. The maximum Gasteiger partial charge on any atom is 0.321 e. The van der Waals surface area contributed by atoms with E-state index in [4.69, 9.17) is 5.10 Å². The second-order valence-electron chi connectivity index (χ2n) is 14.0. The van der Waals surface area contributed by atoms with Crippen LogP contribution in [0.25, 0.3) is 0 Å². The highest BCUT2D eigenvalue weighted by atomic mass is 19.1. The van der Waals surface area contributed by atoms with Crippen LogP contribution in [0.2, 0.25) is 0 Å². The van der Waals surface area contributed by atoms with E-state index < -0.39 is 29.1 Å². The number of aromatic nitrogens is 2. The third-order valence-electron chi connectivity index (χ3n) is 10.5. The van der Waals surface area contributed by atoms with Crippen molar-refractivity contribution in [1.82, 2.24) is 19.6 Å². The Morgan fingerprint density at radius 3 is 2.34 bits per heavy atom. The van der Waals surface area contributed by atoms with Crippen LogP contribution in [0.15, 0.2) is 18.2 Å². The van der Waals surface area contributed by atoms with E-state index in [9.17, 15) is 18.7 Å². The SMILES string of the molecule is CCc1nn(CC)c2c1CCC21CCN(C[C@H]2C[C@H](N(C)[C@@H](C(=O)O)C(C)(C)C)C[C@@H]2c2cc(F)cc(F)c2)CC1. The van der Waals surface area contributed by atoms with Crippen molar-refractivity contribution in [2.75, 3.05) is 26.7 Å². The van der Waals surface area contributed by atoms with Gasteiger partial charge in [0.15, 0.2) is 0 Å². The molecule has 6 nitrogen and oxygen atoms in total. The second-order valence-corrected chi connectivity index (χ2v) is 14.0. The summed E-state index contributed by atoms with van der Waals surface area (Å²) < 4.78 is 31.0. The third kappa shape index (κ3) is 5.71. The summed E-state index contributed by atoms with van der Waals surface area (Å²) in [6.45, 7) is 14.0. The summed E-state index contributed by atoms with van der Waals surface area (Å²) in [5.41, 5.74) is 4.69. The average molecular weight is 571 g/mol. The number of carboxylic acid groups (broad SMARTS) is 1. The molecule has 0 radical (unpaired) electrons. The normalized spacial score (nSPS) is 25.2. The Bertz CT molecular complexity index is 1240. The topological polar surface area (TPSA) is 61.6 Å². The van der Waals surface area contributed by atoms with E-state index in [0.29, 0.717) is 12.0 Å². The first-order valence-corrected chi connectivity index (χ1v) is 15.6. The summed E-state index contributed by atoms with van der Waals surface area (Å²) in [4.78, 5) is 16.9. The maximum absolute atomic E-state index is 14.3. The molecule has 41 heavy (non-hydrogen) atoms. The van der Waals surface area contributed by atoms with Gasteiger partial charge in [-0.3, -0.25) is 14.4 Å². The highest BCUT2D eigenvalue weighted by molar-refractivity contribution is 5.74. The van der Waals surface area contributed by atoms with E-state index in [-0.39, 0.29) is 23.3 Å². The molecule has 2 aliphatic carbocycles. The van der Waals surface area contributed by atoms with Crippen LogP contribution in [0, 0.1) is 23.0 Å². The molecule has 1 saturated carbocycles. The molecule has 0 unspecified atom stereocenters. The molecule has 2 heterocycles. The Kier molecular flexibility index (Phi) is 8.38. The Hall–Kier alpha value is -2.32. The number of piperidine rings is 1. The molecule has 2 aromatic rings. The van der Waals surface area contributed by atoms with Gasteiger partial charge in [0.1, 0.15) is 17.7 Å². The summed E-state index contributed by atoms with van der Waals surface area (Å²) in [5.74, 6) is -1.76. The van der Waals surface area contributed by atoms with Gasteiger partial charge in [-0.25, -0.2) is 8.78 Å². The highest BCUT2D eigenvalue weighted by Crippen LogP contribution is 2.49. The van der Waals surface area contributed by atoms with Crippen molar-refractivity contribution in [2.24, 2.45) is 11.3 Å². The molecule has 226 valence electrons. The fraction of sp³-hybridized carbons (Fsp3) is 0.697. The molecule has 5 rings (SSSR count). The maximum atomic E-state index is 14.3. The zero-order chi connectivity index (χ0) is 29.7. The van der Waals surface area contributed by atoms with E-state index in [1.54, 1.807) is 0 Å². The van der Waals surface area contributed by atoms with Gasteiger partial charge in [0, 0.05) is 36.3 Å². The van der Waals surface area contributed by atoms with Crippen molar-refractivity contribution in [3.05, 3.63) is 52.3 Å². The number of likely N-dealkylation sites (tertiary alicyclic amines) is 1. The number of halogens is 2. The monoisotopic (exact) mass is 570 g/mol. The van der Waals surface area contributed by atoms with Crippen molar-refractivity contribution in [1.29, 1.82) is 0 Å². The number of likely N-dealkylation sites (N-methyl/N-ethyl adjacent to an activating group) is 1. The summed E-state index contributed by atoms with van der Waals surface area (Å²) in [6.07, 6.45) is 7.03. The molecule has 0 bridgehead atoms. The van der Waals surface area contributed by atoms with Crippen molar-refractivity contribution in [3.8, 4) is 0 Å². The predicted octanol–water partition coefficient (Wildman–Crippen LogP) is 6.02. The molecule has 0 amide bonds. The average Bonchev–Trinajstić information content (AvgIpc) is 3.58. The van der Waals surface area contributed by atoms with E-state index in [1.807, 2.05) is 32.7 Å². The van der Waals surface area contributed by atoms with E-state index in [2.05, 4.69) is 23.4 Å². The molecule has 1 spiro atoms. The molecule has 1 saturated heterocycles. The molecule has 3 aliphatic rings. The summed E-state index contributed by atoms with van der Waals surface area (Å²) in [7, 11) is 1.91. The number of benzene rings is 1. The first-order valence-electron chi connectivity index (χ1n) is 15.6. The molecule has 2 fully saturated rings. The van der Waals surface area contributed by atoms with E-state index in [0.717, 1.165) is 64.3 Å². The van der Waals surface area contributed by atoms with Crippen LogP contribution in [-0.4, -0.2) is 69.4 Å². The van der Waals surface area contributed by atoms with Gasteiger partial charge in [-0.1, -0.05) is 27.7 Å². The van der Waals surface area contributed by atoms with Gasteiger partial charge in [0.05, 0.1) is 5.69 Å². The summed E-state index contributed by atoms with van der Waals surface area (Å²) >= 11 is 0. The lowest BCUT2D eigenvalue weighted by atomic mass is 9.75. The third-order valence-corrected chi connectivity index (χ3v) is 10.5. The number of nitrogens with zero attached hydrogens (tertiary/aromatic N) is 4. The van der Waals surface area contributed by atoms with E-state index in [1.165, 1.54) is 35.5 Å². The number of carbonyl (C=O) groups is 1. The van der Waals surface area contributed by atoms with Gasteiger partial charge in [-0.05, 0) is 113 Å². The van der Waals surface area contributed by atoms with Crippen LogP contribution in [0.4, 0.5) is 8.78 Å². The minimum absolute atomic E-state index is 0.0235. The van der Waals surface area contributed by atoms with Crippen LogP contribution in [0.5, 0.6) is 0 Å². The largest absolute Gasteiger partial charge is 0.480 e. The Morgan fingerprint density at radius 1 is 1.12 bits per heavy atom. The molecule has 4 atom stereocenters. The quantitative estimate of drug-likeness (QED) is 0.421. The van der Waals surface area contributed by atoms with Crippen LogP contribution < -0.4 is 0 Å². The molecular formula is C33H48F2N4O2. The number of hydrogen-bond acceptors (Lipinski definition) is 4. The fourth-order valence-electron chi connectivity index (χ4n) is 8.58. The Morgan fingerprint density at radius 2 is 1.78 bits per heavy atom. The number of aliphatic carboxylic acids is 1. The van der Waals surface area contributed by atoms with Crippen LogP contribution >= 0.6 is 0 Å². The molecular weight excluding hydrogens is 522 g/mol. The van der Waals surface area contributed by atoms with E-state index >= 15 is 0 Å². The number of aryl methyl sites for hydroxylation is 2. The smallest absolute Gasteiger partial charge is 0.321 e. The summed E-state index contributed by atoms with van der Waals surface area (Å²) in [5, 5.41) is 15.0. The van der Waals surface area contributed by atoms with Gasteiger partial charge in [-0.2, -0.15) is 5.10 Å². The first-order chi connectivity index (χ1) is 19.4. The van der Waals surface area contributed by atoms with Crippen molar-refractivity contribution in [3.63, 3.8) is 0 Å². The Balaban J connectivity index is 1.35. The van der Waals surface area contributed by atoms with Crippen LogP contribution in [0.1, 0.15) is 95.2 Å². The standard InChI is InChI=1S/C33H48F2N4O2/c1-7-28-26-9-10-33(29(26)39(8-2)36-28)11-13-38(14-12-33)20-22-17-25(37(6)30(31(40)41)32(3,4)5)19-27(22)21-15-23(34)18-24(35)16-21/h15-16,18,22,25,27,30H,7-14,17,19-20H2,1-6H3,(H,40,41)/t22-,25+,27-,30+/m1/s1. The van der Waals surface area contributed by atoms with Crippen molar-refractivity contribution < 1.29 is 18.7 Å². The van der Waals surface area contributed by atoms with Crippen molar-refractivity contribution in [2.45, 2.75) is 110 Å². The number of rotatable bonds is 8. The molecule has 1 aliphatic heterocycles. The predicted molar refractivity (Wildman–Crippen MR) is 157 cm³/mol. The lowest BCUT2D eigenvalue weighted by Crippen LogP contribution is -2.51. The van der Waals surface area contributed by atoms with Gasteiger partial charge >= 0.3 is 5.97 Å². The molecule has 1 aromatic heterocycles. The number of hydrogen-bond donors (Lipinski definition) is 1. The lowest BCUT2D eigenvalue weighted by molar-refractivity contribution is -0.148. The zero-order valence-corrected chi connectivity index (χ0v) is 25.7. The van der Waals surface area contributed by atoms with Gasteiger partial charge < -0.3 is 10.0 Å². The van der Waals surface area contributed by atoms with Gasteiger partial charge in [0.2, 0.25) is 0 Å². The molecule has 1 aromatic carbocycles. The number of carboxylic acids is 1. The minimum atomic E-state index is -0.827. The Labute approximate surface area is 244 Å². The van der Waals surface area contributed by atoms with Crippen molar-refractivity contribution >= 4 is 5.97 Å². The van der Waals surface area contributed by atoms with Gasteiger partial charge in [0.25, 0.3) is 0 Å². The van der Waals surface area contributed by atoms with Crippen LogP contribution in [0.3, 0.4) is 0 Å². The van der Waals surface area contributed by atoms with Crippen LogP contribution in [-0.2, 0) is 29.6 Å². The minimum Gasteiger partial charge on any atom is -0.480 e. The fourth-order valence-corrected chi connectivity index (χ4v) is 8.58. The highest BCUT2D eigenvalue weighted by Gasteiger charge is 2.47. The number of fused-ring (bicyclic) bond motifs is 2. The zero-order valence-electron chi connectivity index (χ0n) is 25.7. The first kappa shape index (κ1) is 30.1.